The minimum Gasteiger partial charge on any atom is -0.369 e. The fourth-order valence-electron chi connectivity index (χ4n) is 1.52. The summed E-state index contributed by atoms with van der Waals surface area (Å²) in [5, 5.41) is 6.53. The number of anilines is 2. The van der Waals surface area contributed by atoms with E-state index in [1.165, 1.54) is 12.8 Å². The van der Waals surface area contributed by atoms with Crippen LogP contribution in [0, 0.1) is 5.92 Å². The molecule has 2 N–H and O–H groups in total. The third kappa shape index (κ3) is 6.09. The van der Waals surface area contributed by atoms with Crippen LogP contribution in [0.2, 0.25) is 0 Å². The Bertz CT molecular complexity index is 312. The van der Waals surface area contributed by atoms with Gasteiger partial charge in [0, 0.05) is 13.1 Å². The molecule has 4 nitrogen and oxygen atoms in total. The zero-order chi connectivity index (χ0) is 12.5. The van der Waals surface area contributed by atoms with Crippen LogP contribution in [0.4, 0.5) is 11.6 Å². The van der Waals surface area contributed by atoms with Gasteiger partial charge in [0.1, 0.15) is 11.6 Å². The smallest absolute Gasteiger partial charge is 0.146 e. The molecule has 0 saturated heterocycles. The highest BCUT2D eigenvalue weighted by Crippen LogP contribution is 2.08. The fourth-order valence-corrected chi connectivity index (χ4v) is 1.52. The SMILES string of the molecule is CCCNc1cncc(NCCCC(C)C)n1. The van der Waals surface area contributed by atoms with Crippen LogP contribution in [0.15, 0.2) is 12.4 Å². The molecule has 0 saturated carbocycles. The van der Waals surface area contributed by atoms with Crippen LogP contribution in [0.3, 0.4) is 0 Å². The molecule has 1 aromatic rings. The highest BCUT2D eigenvalue weighted by atomic mass is 15.1. The Labute approximate surface area is 104 Å². The Morgan fingerprint density at radius 1 is 1.12 bits per heavy atom. The third-order valence-electron chi connectivity index (χ3n) is 2.46. The first kappa shape index (κ1) is 13.7. The molecule has 0 atom stereocenters. The van der Waals surface area contributed by atoms with Crippen molar-refractivity contribution in [1.82, 2.24) is 9.97 Å². The minimum absolute atomic E-state index is 0.764. The second-order valence-electron chi connectivity index (χ2n) is 4.68. The largest absolute Gasteiger partial charge is 0.369 e. The van der Waals surface area contributed by atoms with Gasteiger partial charge >= 0.3 is 0 Å². The van der Waals surface area contributed by atoms with Crippen LogP contribution < -0.4 is 10.6 Å². The van der Waals surface area contributed by atoms with Gasteiger partial charge < -0.3 is 10.6 Å². The molecule has 96 valence electrons. The van der Waals surface area contributed by atoms with Gasteiger partial charge in [0.15, 0.2) is 0 Å². The average molecular weight is 236 g/mol. The molecule has 0 spiro atoms. The van der Waals surface area contributed by atoms with Crippen molar-refractivity contribution in [1.29, 1.82) is 0 Å². The van der Waals surface area contributed by atoms with Gasteiger partial charge in [0.25, 0.3) is 0 Å². The molecule has 4 heteroatoms. The van der Waals surface area contributed by atoms with Gasteiger partial charge in [0.2, 0.25) is 0 Å². The van der Waals surface area contributed by atoms with Gasteiger partial charge in [-0.25, -0.2) is 4.98 Å². The predicted octanol–water partition coefficient (Wildman–Crippen LogP) is 3.15. The topological polar surface area (TPSA) is 49.8 Å². The van der Waals surface area contributed by atoms with E-state index in [1.807, 2.05) is 0 Å². The molecule has 0 amide bonds. The molecule has 1 aromatic heterocycles. The number of hydrogen-bond acceptors (Lipinski definition) is 4. The molecule has 1 rings (SSSR count). The number of aromatic nitrogens is 2. The Morgan fingerprint density at radius 2 is 1.76 bits per heavy atom. The lowest BCUT2D eigenvalue weighted by atomic mass is 10.1. The van der Waals surface area contributed by atoms with E-state index in [0.717, 1.165) is 37.1 Å². The molecule has 0 radical (unpaired) electrons. The van der Waals surface area contributed by atoms with Gasteiger partial charge in [-0.05, 0) is 25.2 Å². The standard InChI is InChI=1S/C13H24N4/c1-4-7-15-12-9-14-10-13(17-12)16-8-5-6-11(2)3/h9-11H,4-8H2,1-3H3,(H2,15,16,17). The van der Waals surface area contributed by atoms with Crippen LogP contribution >= 0.6 is 0 Å². The Kier molecular flexibility index (Phi) is 6.37. The van der Waals surface area contributed by atoms with Crippen LogP contribution in [0.25, 0.3) is 0 Å². The summed E-state index contributed by atoms with van der Waals surface area (Å²) in [6.45, 7) is 8.52. The second kappa shape index (κ2) is 7.87. The van der Waals surface area contributed by atoms with Gasteiger partial charge in [0.05, 0.1) is 12.4 Å². The Morgan fingerprint density at radius 3 is 2.35 bits per heavy atom. The summed E-state index contributed by atoms with van der Waals surface area (Å²) >= 11 is 0. The summed E-state index contributed by atoms with van der Waals surface area (Å²) in [6.07, 6.45) is 7.04. The summed E-state index contributed by atoms with van der Waals surface area (Å²) in [5.74, 6) is 2.47. The molecule has 0 aromatic carbocycles. The van der Waals surface area contributed by atoms with Gasteiger partial charge in [-0.1, -0.05) is 20.8 Å². The number of nitrogens with one attached hydrogen (secondary N) is 2. The maximum absolute atomic E-state index is 4.44. The van der Waals surface area contributed by atoms with Gasteiger partial charge in [-0.2, -0.15) is 0 Å². The quantitative estimate of drug-likeness (QED) is 0.681. The molecular formula is C13H24N4. The van der Waals surface area contributed by atoms with Crippen molar-refractivity contribution in [2.24, 2.45) is 5.92 Å². The lowest BCUT2D eigenvalue weighted by molar-refractivity contribution is 0.566. The van der Waals surface area contributed by atoms with Gasteiger partial charge in [-0.15, -0.1) is 0 Å². The zero-order valence-electron chi connectivity index (χ0n) is 11.2. The molecule has 0 aliphatic carbocycles. The van der Waals surface area contributed by atoms with Crippen LogP contribution in [-0.2, 0) is 0 Å². The summed E-state index contributed by atoms with van der Waals surface area (Å²) in [6, 6.07) is 0. The number of rotatable bonds is 8. The monoisotopic (exact) mass is 236 g/mol. The van der Waals surface area contributed by atoms with E-state index in [0.29, 0.717) is 0 Å². The van der Waals surface area contributed by atoms with E-state index in [1.54, 1.807) is 12.4 Å². The van der Waals surface area contributed by atoms with Crippen LogP contribution in [-0.4, -0.2) is 23.1 Å². The molecule has 1 heterocycles. The average Bonchev–Trinajstić information content (AvgIpc) is 2.32. The van der Waals surface area contributed by atoms with Gasteiger partial charge in [-0.3, -0.25) is 4.98 Å². The van der Waals surface area contributed by atoms with Crippen molar-refractivity contribution in [3.05, 3.63) is 12.4 Å². The summed E-state index contributed by atoms with van der Waals surface area (Å²) in [5.41, 5.74) is 0. The molecule has 0 unspecified atom stereocenters. The predicted molar refractivity (Wildman–Crippen MR) is 73.4 cm³/mol. The normalized spacial score (nSPS) is 10.6. The first-order valence-electron chi connectivity index (χ1n) is 6.52. The molecular weight excluding hydrogens is 212 g/mol. The summed E-state index contributed by atoms with van der Waals surface area (Å²) < 4.78 is 0. The van der Waals surface area contributed by atoms with E-state index in [-0.39, 0.29) is 0 Å². The van der Waals surface area contributed by atoms with Crippen molar-refractivity contribution in [2.75, 3.05) is 23.7 Å². The Balaban J connectivity index is 2.32. The first-order valence-corrected chi connectivity index (χ1v) is 6.52. The van der Waals surface area contributed by atoms with Crippen molar-refractivity contribution in [2.45, 2.75) is 40.0 Å². The maximum Gasteiger partial charge on any atom is 0.146 e. The van der Waals surface area contributed by atoms with E-state index in [9.17, 15) is 0 Å². The minimum atomic E-state index is 0.764. The van der Waals surface area contributed by atoms with E-state index >= 15 is 0 Å². The molecule has 0 aliphatic heterocycles. The third-order valence-corrected chi connectivity index (χ3v) is 2.46. The van der Waals surface area contributed by atoms with Crippen molar-refractivity contribution in [3.8, 4) is 0 Å². The maximum atomic E-state index is 4.44. The Hall–Kier alpha value is -1.32. The number of nitrogens with zero attached hydrogens (tertiary/aromatic N) is 2. The number of hydrogen-bond donors (Lipinski definition) is 2. The summed E-state index contributed by atoms with van der Waals surface area (Å²) in [7, 11) is 0. The zero-order valence-corrected chi connectivity index (χ0v) is 11.2. The van der Waals surface area contributed by atoms with Crippen molar-refractivity contribution < 1.29 is 0 Å². The highest BCUT2D eigenvalue weighted by molar-refractivity contribution is 5.41. The lowest BCUT2D eigenvalue weighted by Crippen LogP contribution is -2.07. The van der Waals surface area contributed by atoms with E-state index in [4.69, 9.17) is 0 Å². The van der Waals surface area contributed by atoms with E-state index in [2.05, 4.69) is 41.4 Å². The molecule has 17 heavy (non-hydrogen) atoms. The van der Waals surface area contributed by atoms with Crippen molar-refractivity contribution in [3.63, 3.8) is 0 Å². The molecule has 0 aliphatic rings. The highest BCUT2D eigenvalue weighted by Gasteiger charge is 1.98. The van der Waals surface area contributed by atoms with Crippen LogP contribution in [0.1, 0.15) is 40.0 Å². The van der Waals surface area contributed by atoms with E-state index < -0.39 is 0 Å². The molecule has 0 fully saturated rings. The fraction of sp³-hybridized carbons (Fsp3) is 0.692. The molecule has 0 bridgehead atoms. The lowest BCUT2D eigenvalue weighted by Gasteiger charge is -2.08. The summed E-state index contributed by atoms with van der Waals surface area (Å²) in [4.78, 5) is 8.61. The van der Waals surface area contributed by atoms with Crippen molar-refractivity contribution >= 4 is 11.6 Å². The van der Waals surface area contributed by atoms with Crippen LogP contribution in [0.5, 0.6) is 0 Å². The first-order chi connectivity index (χ1) is 8.22. The second-order valence-corrected chi connectivity index (χ2v) is 4.68.